The second-order valence-electron chi connectivity index (χ2n) is 11.5. The molecule has 1 unspecified atom stereocenters. The van der Waals surface area contributed by atoms with Crippen LogP contribution < -0.4 is 16.0 Å². The van der Waals surface area contributed by atoms with Gasteiger partial charge in [0.1, 0.15) is 22.9 Å². The lowest BCUT2D eigenvalue weighted by molar-refractivity contribution is -0.129. The van der Waals surface area contributed by atoms with Gasteiger partial charge in [-0.25, -0.2) is 4.79 Å². The number of hydrogen-bond donors (Lipinski definition) is 4. The number of rotatable bonds is 11. The van der Waals surface area contributed by atoms with Crippen molar-refractivity contribution in [2.45, 2.75) is 50.8 Å². The number of carbonyl (C=O) groups excluding carboxylic acids is 3. The highest BCUT2D eigenvalue weighted by Crippen LogP contribution is 2.37. The third kappa shape index (κ3) is 8.25. The number of ether oxygens (including phenoxy) is 1. The minimum atomic E-state index is -1.23. The smallest absolute Gasteiger partial charge is 0.408 e. The van der Waals surface area contributed by atoms with Crippen LogP contribution in [0.1, 0.15) is 49.4 Å². The van der Waals surface area contributed by atoms with Crippen LogP contribution in [-0.4, -0.2) is 41.2 Å². The van der Waals surface area contributed by atoms with E-state index in [2.05, 4.69) is 16.0 Å². The molecular weight excluding hydrogens is 554 g/mol. The molecule has 4 rings (SSSR count). The van der Waals surface area contributed by atoms with Gasteiger partial charge in [0.2, 0.25) is 11.8 Å². The molecule has 0 heterocycles. The van der Waals surface area contributed by atoms with E-state index in [-0.39, 0.29) is 18.7 Å². The van der Waals surface area contributed by atoms with Gasteiger partial charge in [-0.2, -0.15) is 0 Å². The first kappa shape index (κ1) is 31.8. The van der Waals surface area contributed by atoms with E-state index in [4.69, 9.17) is 4.74 Å². The number of aromatic hydroxyl groups is 1. The fourth-order valence-electron chi connectivity index (χ4n) is 5.05. The van der Waals surface area contributed by atoms with Crippen LogP contribution in [0.15, 0.2) is 115 Å². The van der Waals surface area contributed by atoms with Crippen molar-refractivity contribution in [3.05, 3.63) is 138 Å². The molecular formula is C36H39N3O5. The van der Waals surface area contributed by atoms with Gasteiger partial charge in [0, 0.05) is 6.54 Å². The maximum Gasteiger partial charge on any atom is 0.408 e. The number of benzene rings is 4. The number of hydrogen-bond acceptors (Lipinski definition) is 5. The minimum absolute atomic E-state index is 0.128. The molecule has 0 aromatic heterocycles. The summed E-state index contributed by atoms with van der Waals surface area (Å²) in [5, 5.41) is 18.7. The number of phenols is 1. The summed E-state index contributed by atoms with van der Waals surface area (Å²) in [5.41, 5.74) is 1.26. The maximum absolute atomic E-state index is 14.0. The lowest BCUT2D eigenvalue weighted by Gasteiger charge is -2.37. The highest BCUT2D eigenvalue weighted by atomic mass is 16.6. The first-order chi connectivity index (χ1) is 21.1. The summed E-state index contributed by atoms with van der Waals surface area (Å²) in [6, 6.07) is 34.5. The number of nitrogens with one attached hydrogen (secondary N) is 3. The summed E-state index contributed by atoms with van der Waals surface area (Å²) in [6.45, 7) is 5.34. The van der Waals surface area contributed by atoms with Gasteiger partial charge in [0.25, 0.3) is 0 Å². The molecule has 4 aromatic rings. The monoisotopic (exact) mass is 593 g/mol. The van der Waals surface area contributed by atoms with Crippen molar-refractivity contribution in [3.8, 4) is 5.75 Å². The van der Waals surface area contributed by atoms with Crippen molar-refractivity contribution in [1.29, 1.82) is 0 Å². The Morgan fingerprint density at radius 2 is 1.20 bits per heavy atom. The van der Waals surface area contributed by atoms with Crippen molar-refractivity contribution in [1.82, 2.24) is 16.0 Å². The number of alkyl carbamates (subject to hydrolysis) is 1. The van der Waals surface area contributed by atoms with Gasteiger partial charge >= 0.3 is 6.09 Å². The molecule has 0 radical (unpaired) electrons. The molecule has 4 aromatic carbocycles. The zero-order valence-corrected chi connectivity index (χ0v) is 25.2. The van der Waals surface area contributed by atoms with Crippen LogP contribution in [0.4, 0.5) is 4.79 Å². The molecule has 8 nitrogen and oxygen atoms in total. The normalized spacial score (nSPS) is 12.1. The average molecular weight is 594 g/mol. The molecule has 3 amide bonds. The van der Waals surface area contributed by atoms with Crippen molar-refractivity contribution in [2.75, 3.05) is 6.54 Å². The quantitative estimate of drug-likeness (QED) is 0.173. The summed E-state index contributed by atoms with van der Waals surface area (Å²) < 4.78 is 5.40. The highest BCUT2D eigenvalue weighted by Gasteiger charge is 2.39. The summed E-state index contributed by atoms with van der Waals surface area (Å²) in [6.07, 6.45) is -0.801. The molecule has 44 heavy (non-hydrogen) atoms. The number of para-hydroxylation sites is 1. The molecule has 1 atom stereocenters. The second kappa shape index (κ2) is 14.4. The van der Waals surface area contributed by atoms with E-state index in [1.807, 2.05) is 91.0 Å². The molecule has 4 N–H and O–H groups in total. The Bertz CT molecular complexity index is 1440. The molecule has 0 saturated heterocycles. The Morgan fingerprint density at radius 3 is 1.68 bits per heavy atom. The lowest BCUT2D eigenvalue weighted by Crippen LogP contribution is -2.53. The Labute approximate surface area is 258 Å². The van der Waals surface area contributed by atoms with Crippen molar-refractivity contribution >= 4 is 17.9 Å². The molecule has 8 heteroatoms. The van der Waals surface area contributed by atoms with Crippen molar-refractivity contribution in [2.24, 2.45) is 0 Å². The topological polar surface area (TPSA) is 117 Å². The van der Waals surface area contributed by atoms with Crippen LogP contribution in [0.3, 0.4) is 0 Å². The number of phenolic OH excluding ortho intramolecular Hbond substituents is 1. The fraction of sp³-hybridized carbons (Fsp3) is 0.250. The number of amides is 3. The summed E-state index contributed by atoms with van der Waals surface area (Å²) in [5.74, 6) is -0.881. The van der Waals surface area contributed by atoms with E-state index >= 15 is 0 Å². The molecule has 0 fully saturated rings. The first-order valence-corrected chi connectivity index (χ1v) is 14.6. The van der Waals surface area contributed by atoms with Gasteiger partial charge in [-0.1, -0.05) is 109 Å². The van der Waals surface area contributed by atoms with E-state index in [0.717, 1.165) is 16.7 Å². The van der Waals surface area contributed by atoms with E-state index in [1.165, 1.54) is 0 Å². The minimum Gasteiger partial charge on any atom is -0.508 e. The molecule has 0 aliphatic rings. The molecule has 0 aliphatic heterocycles. The van der Waals surface area contributed by atoms with E-state index in [1.54, 1.807) is 45.0 Å². The Morgan fingerprint density at radius 1 is 0.727 bits per heavy atom. The van der Waals surface area contributed by atoms with Crippen molar-refractivity contribution in [3.63, 3.8) is 0 Å². The van der Waals surface area contributed by atoms with Gasteiger partial charge in [0.15, 0.2) is 0 Å². The van der Waals surface area contributed by atoms with Gasteiger partial charge in [-0.15, -0.1) is 0 Å². The second-order valence-corrected chi connectivity index (χ2v) is 11.5. The standard InChI is InChI=1S/C36H39N3O5/c1-35(2,3)44-34(43)38-30(33(42)37-24-23-26-15-13-14-22-31(26)40)25-32(41)39-36(27-16-7-4-8-17-27,28-18-9-5-10-19-28)29-20-11-6-12-21-29/h4-22,30,40H,23-25H2,1-3H3,(H,37,42)(H,38,43)(H,39,41). The maximum atomic E-state index is 14.0. The van der Waals surface area contributed by atoms with Gasteiger partial charge in [-0.3, -0.25) is 9.59 Å². The molecule has 0 bridgehead atoms. The molecule has 0 aliphatic carbocycles. The van der Waals surface area contributed by atoms with Crippen molar-refractivity contribution < 1.29 is 24.2 Å². The zero-order chi connectivity index (χ0) is 31.6. The molecule has 0 spiro atoms. The van der Waals surface area contributed by atoms with Crippen LogP contribution in [-0.2, 0) is 26.3 Å². The molecule has 0 saturated carbocycles. The fourth-order valence-corrected chi connectivity index (χ4v) is 5.05. The van der Waals surface area contributed by atoms with Crippen LogP contribution in [0, 0.1) is 0 Å². The van der Waals surface area contributed by atoms with Crippen LogP contribution in [0.25, 0.3) is 0 Å². The van der Waals surface area contributed by atoms with E-state index in [9.17, 15) is 19.5 Å². The van der Waals surface area contributed by atoms with Gasteiger partial charge < -0.3 is 25.8 Å². The summed E-state index contributed by atoms with van der Waals surface area (Å²) >= 11 is 0. The largest absolute Gasteiger partial charge is 0.508 e. The highest BCUT2D eigenvalue weighted by molar-refractivity contribution is 5.91. The third-order valence-electron chi connectivity index (χ3n) is 7.03. The van der Waals surface area contributed by atoms with Crippen LogP contribution in [0.2, 0.25) is 0 Å². The third-order valence-corrected chi connectivity index (χ3v) is 7.03. The Hall–Kier alpha value is -5.11. The van der Waals surface area contributed by atoms with Gasteiger partial charge in [-0.05, 0) is 55.5 Å². The van der Waals surface area contributed by atoms with Gasteiger partial charge in [0.05, 0.1) is 6.42 Å². The SMILES string of the molecule is CC(C)(C)OC(=O)NC(CC(=O)NC(c1ccccc1)(c1ccccc1)c1ccccc1)C(=O)NCCc1ccccc1O. The predicted octanol–water partition coefficient (Wildman–Crippen LogP) is 5.44. The van der Waals surface area contributed by atoms with E-state index in [0.29, 0.717) is 12.0 Å². The zero-order valence-electron chi connectivity index (χ0n) is 25.2. The summed E-state index contributed by atoms with van der Waals surface area (Å²) in [4.78, 5) is 40.2. The van der Waals surface area contributed by atoms with Crippen LogP contribution in [0.5, 0.6) is 5.75 Å². The lowest BCUT2D eigenvalue weighted by atomic mass is 9.77. The predicted molar refractivity (Wildman–Crippen MR) is 170 cm³/mol. The Balaban J connectivity index is 1.63. The van der Waals surface area contributed by atoms with E-state index < -0.39 is 35.1 Å². The van der Waals surface area contributed by atoms with Crippen LogP contribution >= 0.6 is 0 Å². The Kier molecular flexibility index (Phi) is 10.4. The first-order valence-electron chi connectivity index (χ1n) is 14.6. The average Bonchev–Trinajstić information content (AvgIpc) is 3.01. The number of carbonyl (C=O) groups is 3. The molecule has 228 valence electrons. The summed E-state index contributed by atoms with van der Waals surface area (Å²) in [7, 11) is 0.